The molecular formula is C34H44ClN3O6. The van der Waals surface area contributed by atoms with E-state index < -0.39 is 35.5 Å². The van der Waals surface area contributed by atoms with Crippen LogP contribution in [0, 0.1) is 17.8 Å². The molecule has 2 amide bonds. The van der Waals surface area contributed by atoms with Gasteiger partial charge >= 0.3 is 5.97 Å². The van der Waals surface area contributed by atoms with Crippen molar-refractivity contribution < 1.29 is 28.6 Å². The number of fused-ring (bicyclic) bond motifs is 1. The van der Waals surface area contributed by atoms with E-state index in [9.17, 15) is 14.4 Å². The molecule has 6 atom stereocenters. The number of esters is 1. The number of hydrogen-bond acceptors (Lipinski definition) is 7. The third kappa shape index (κ3) is 6.88. The van der Waals surface area contributed by atoms with Crippen LogP contribution < -0.4 is 14.8 Å². The molecule has 1 aliphatic carbocycles. The lowest BCUT2D eigenvalue weighted by Gasteiger charge is -2.29. The summed E-state index contributed by atoms with van der Waals surface area (Å²) in [6.45, 7) is 13.5. The topological polar surface area (TPSA) is 107 Å². The Kier molecular flexibility index (Phi) is 10.9. The highest BCUT2D eigenvalue weighted by Gasteiger charge is 2.62. The number of ether oxygens (including phenoxy) is 3. The number of carbonyl (C=O) groups excluding carboxylic acids is 3. The van der Waals surface area contributed by atoms with Crippen LogP contribution in [0.15, 0.2) is 49.7 Å². The zero-order valence-electron chi connectivity index (χ0n) is 26.1. The van der Waals surface area contributed by atoms with Crippen molar-refractivity contribution in [2.24, 2.45) is 17.8 Å². The Bertz CT molecular complexity index is 1400. The molecule has 4 rings (SSSR count). The fourth-order valence-corrected chi connectivity index (χ4v) is 6.33. The molecule has 1 saturated carbocycles. The van der Waals surface area contributed by atoms with Gasteiger partial charge in [0, 0.05) is 33.5 Å². The Balaban J connectivity index is 1.61. The summed E-state index contributed by atoms with van der Waals surface area (Å²) < 4.78 is 17.3. The molecule has 10 heteroatoms. The lowest BCUT2D eigenvalue weighted by Crippen LogP contribution is -2.55. The maximum absolute atomic E-state index is 14.0. The second kappa shape index (κ2) is 14.5. The lowest BCUT2D eigenvalue weighted by molar-refractivity contribution is -0.150. The number of nitrogens with one attached hydrogen (secondary N) is 1. The number of allylic oxidation sites excluding steroid dienone is 1. The Morgan fingerprint density at radius 3 is 2.66 bits per heavy atom. The van der Waals surface area contributed by atoms with Crippen LogP contribution in [0.1, 0.15) is 59.3 Å². The Labute approximate surface area is 265 Å². The molecule has 2 aromatic rings. The van der Waals surface area contributed by atoms with Crippen LogP contribution in [0.4, 0.5) is 0 Å². The van der Waals surface area contributed by atoms with E-state index in [0.717, 1.165) is 31.1 Å². The minimum atomic E-state index is -1.18. The van der Waals surface area contributed by atoms with Crippen LogP contribution in [0.5, 0.6) is 11.6 Å². The maximum Gasteiger partial charge on any atom is 0.332 e. The van der Waals surface area contributed by atoms with Gasteiger partial charge in [0.2, 0.25) is 17.7 Å². The highest BCUT2D eigenvalue weighted by atomic mass is 35.5. The Morgan fingerprint density at radius 2 is 2.00 bits per heavy atom. The predicted molar refractivity (Wildman–Crippen MR) is 171 cm³/mol. The van der Waals surface area contributed by atoms with Crippen molar-refractivity contribution in [1.29, 1.82) is 0 Å². The SMILES string of the molecule is C=CCCCCC[C@H](C)C(=O)N1C[C@H](Oc2ncc(OC)c3ccc(Cl)cc23)[C@@H](C)[C@H]1C(=O)N[C@]1(C(=O)OCC)C[C@H]1C=C. The van der Waals surface area contributed by atoms with E-state index in [1.807, 2.05) is 26.0 Å². The molecule has 2 aliphatic rings. The van der Waals surface area contributed by atoms with E-state index in [-0.39, 0.29) is 30.9 Å². The van der Waals surface area contributed by atoms with Crippen LogP contribution in [-0.2, 0) is 19.1 Å². The van der Waals surface area contributed by atoms with E-state index in [4.69, 9.17) is 25.8 Å². The first kappa shape index (κ1) is 33.3. The molecule has 1 aromatic heterocycles. The number of nitrogens with zero attached hydrogens (tertiary/aromatic N) is 2. The van der Waals surface area contributed by atoms with E-state index in [0.29, 0.717) is 34.9 Å². The quantitative estimate of drug-likeness (QED) is 0.149. The smallest absolute Gasteiger partial charge is 0.332 e. The Hall–Kier alpha value is -3.59. The molecule has 238 valence electrons. The third-order valence-electron chi connectivity index (χ3n) is 8.86. The maximum atomic E-state index is 14.0. The van der Waals surface area contributed by atoms with E-state index >= 15 is 0 Å². The van der Waals surface area contributed by atoms with Crippen molar-refractivity contribution >= 4 is 40.2 Å². The molecule has 2 heterocycles. The first-order valence-corrected chi connectivity index (χ1v) is 15.8. The summed E-state index contributed by atoms with van der Waals surface area (Å²) in [5, 5.41) is 4.91. The highest BCUT2D eigenvalue weighted by molar-refractivity contribution is 6.31. The molecule has 1 saturated heterocycles. The number of aromatic nitrogens is 1. The highest BCUT2D eigenvalue weighted by Crippen LogP contribution is 2.46. The summed E-state index contributed by atoms with van der Waals surface area (Å²) in [4.78, 5) is 47.0. The van der Waals surface area contributed by atoms with Gasteiger partial charge in [-0.3, -0.25) is 9.59 Å². The largest absolute Gasteiger partial charge is 0.494 e. The van der Waals surface area contributed by atoms with Crippen molar-refractivity contribution in [2.45, 2.75) is 77.0 Å². The summed E-state index contributed by atoms with van der Waals surface area (Å²) >= 11 is 6.32. The van der Waals surface area contributed by atoms with E-state index in [2.05, 4.69) is 23.5 Å². The fraction of sp³-hybridized carbons (Fsp3) is 0.529. The van der Waals surface area contributed by atoms with Gasteiger partial charge in [-0.1, -0.05) is 50.4 Å². The van der Waals surface area contributed by atoms with Crippen molar-refractivity contribution in [3.8, 4) is 11.6 Å². The lowest BCUT2D eigenvalue weighted by atomic mass is 9.97. The molecule has 2 fully saturated rings. The Morgan fingerprint density at radius 1 is 1.23 bits per heavy atom. The first-order chi connectivity index (χ1) is 21.1. The van der Waals surface area contributed by atoms with Crippen molar-refractivity contribution in [3.63, 3.8) is 0 Å². The number of amides is 2. The minimum Gasteiger partial charge on any atom is -0.494 e. The van der Waals surface area contributed by atoms with Crippen LogP contribution in [-0.4, -0.2) is 65.6 Å². The average molecular weight is 626 g/mol. The van der Waals surface area contributed by atoms with Crippen LogP contribution >= 0.6 is 11.6 Å². The first-order valence-electron chi connectivity index (χ1n) is 15.4. The van der Waals surface area contributed by atoms with Gasteiger partial charge in [0.05, 0.1) is 26.5 Å². The van der Waals surface area contributed by atoms with Gasteiger partial charge < -0.3 is 24.4 Å². The average Bonchev–Trinajstić information content (AvgIpc) is 3.63. The van der Waals surface area contributed by atoms with Gasteiger partial charge in [-0.15, -0.1) is 13.2 Å². The van der Waals surface area contributed by atoms with Crippen molar-refractivity contribution in [1.82, 2.24) is 15.2 Å². The second-order valence-electron chi connectivity index (χ2n) is 11.8. The van der Waals surface area contributed by atoms with Gasteiger partial charge in [-0.25, -0.2) is 9.78 Å². The fourth-order valence-electron chi connectivity index (χ4n) is 6.16. The molecule has 1 aromatic carbocycles. The number of benzene rings is 1. The number of hydrogen-bond donors (Lipinski definition) is 1. The number of rotatable bonds is 15. The summed E-state index contributed by atoms with van der Waals surface area (Å²) in [5.74, 6) is -1.07. The molecule has 1 N–H and O–H groups in total. The minimum absolute atomic E-state index is 0.122. The summed E-state index contributed by atoms with van der Waals surface area (Å²) in [7, 11) is 1.57. The number of methoxy groups -OCH3 is 1. The van der Waals surface area contributed by atoms with Crippen molar-refractivity contribution in [3.05, 3.63) is 54.7 Å². The van der Waals surface area contributed by atoms with E-state index in [1.165, 1.54) is 0 Å². The molecule has 0 spiro atoms. The number of likely N-dealkylation sites (tertiary alicyclic amines) is 1. The van der Waals surface area contributed by atoms with Crippen LogP contribution in [0.2, 0.25) is 5.02 Å². The molecule has 9 nitrogen and oxygen atoms in total. The van der Waals surface area contributed by atoms with Crippen LogP contribution in [0.3, 0.4) is 0 Å². The van der Waals surface area contributed by atoms with Gasteiger partial charge in [0.25, 0.3) is 0 Å². The molecule has 0 bridgehead atoms. The third-order valence-corrected chi connectivity index (χ3v) is 9.10. The van der Waals surface area contributed by atoms with Gasteiger partial charge in [0.1, 0.15) is 23.4 Å². The zero-order chi connectivity index (χ0) is 32.0. The normalized spacial score (nSPS) is 24.8. The van der Waals surface area contributed by atoms with Crippen molar-refractivity contribution in [2.75, 3.05) is 20.3 Å². The summed E-state index contributed by atoms with van der Waals surface area (Å²) in [6, 6.07) is 4.50. The molecule has 44 heavy (non-hydrogen) atoms. The van der Waals surface area contributed by atoms with Crippen LogP contribution in [0.25, 0.3) is 10.8 Å². The molecule has 0 radical (unpaired) electrons. The monoisotopic (exact) mass is 625 g/mol. The van der Waals surface area contributed by atoms with Gasteiger partial charge in [-0.2, -0.15) is 0 Å². The molecular weight excluding hydrogens is 582 g/mol. The molecule has 0 unspecified atom stereocenters. The summed E-state index contributed by atoms with van der Waals surface area (Å²) in [5.41, 5.74) is -1.18. The number of halogens is 1. The molecule has 1 aliphatic heterocycles. The number of unbranched alkanes of at least 4 members (excludes halogenated alkanes) is 3. The number of carbonyl (C=O) groups is 3. The summed E-state index contributed by atoms with van der Waals surface area (Å²) in [6.07, 6.45) is 9.57. The second-order valence-corrected chi connectivity index (χ2v) is 12.3. The van der Waals surface area contributed by atoms with Gasteiger partial charge in [-0.05, 0) is 50.8 Å². The zero-order valence-corrected chi connectivity index (χ0v) is 26.9. The van der Waals surface area contributed by atoms with Gasteiger partial charge in [0.15, 0.2) is 0 Å². The number of pyridine rings is 1. The standard InChI is InChI=1S/C34H44ClN3O6/c1-7-10-11-12-13-14-21(4)32(40)38-20-28(44-31-26-17-24(35)15-16-25(26)27(42-6)19-36-31)22(5)29(38)30(39)37-34(18-23(34)8-2)33(41)43-9-3/h7-8,15-17,19,21-23,28-29H,1-2,9-14,18,20H2,3-6H3,(H,37,39)/t21-,22+,23+,28-,29-,34+/m0/s1. The van der Waals surface area contributed by atoms with E-state index in [1.54, 1.807) is 43.3 Å². The predicted octanol–water partition coefficient (Wildman–Crippen LogP) is 5.89.